The van der Waals surface area contributed by atoms with Crippen LogP contribution in [-0.4, -0.2) is 74.1 Å². The average Bonchev–Trinajstić information content (AvgIpc) is 3.35. The highest BCUT2D eigenvalue weighted by Gasteiger charge is 2.52. The van der Waals surface area contributed by atoms with Crippen molar-refractivity contribution in [3.63, 3.8) is 0 Å². The second-order valence-corrected chi connectivity index (χ2v) is 11.9. The Bertz CT molecular complexity index is 1720. The van der Waals surface area contributed by atoms with E-state index in [4.69, 9.17) is 5.73 Å². The van der Waals surface area contributed by atoms with E-state index in [9.17, 15) is 19.5 Å². The van der Waals surface area contributed by atoms with Gasteiger partial charge in [0, 0.05) is 25.6 Å². The monoisotopic (exact) mass is 606 g/mol. The van der Waals surface area contributed by atoms with Crippen molar-refractivity contribution in [2.75, 3.05) is 18.8 Å². The number of amides is 4. The van der Waals surface area contributed by atoms with Crippen molar-refractivity contribution in [2.45, 2.75) is 51.6 Å². The van der Waals surface area contributed by atoms with Crippen LogP contribution >= 0.6 is 0 Å². The fourth-order valence-electron chi connectivity index (χ4n) is 6.46. The lowest BCUT2D eigenvalue weighted by Gasteiger charge is -2.47. The van der Waals surface area contributed by atoms with Gasteiger partial charge < -0.3 is 26.0 Å². The first-order valence-electron chi connectivity index (χ1n) is 15.2. The second-order valence-electron chi connectivity index (χ2n) is 11.9. The van der Waals surface area contributed by atoms with Crippen LogP contribution in [0.2, 0.25) is 0 Å². The highest BCUT2D eigenvalue weighted by molar-refractivity contribution is 5.92. The number of carbonyl (C=O) groups is 3. The fraction of sp³-hybridized carbons (Fsp3) is 0.286. The predicted octanol–water partition coefficient (Wildman–Crippen LogP) is 4.09. The van der Waals surface area contributed by atoms with Gasteiger partial charge in [0.1, 0.15) is 18.0 Å². The number of nitrogen functional groups attached to an aromatic ring is 1. The predicted molar refractivity (Wildman–Crippen MR) is 172 cm³/mol. The first-order valence-corrected chi connectivity index (χ1v) is 15.2. The van der Waals surface area contributed by atoms with Crippen molar-refractivity contribution < 1.29 is 19.5 Å². The summed E-state index contributed by atoms with van der Waals surface area (Å²) in [6.07, 6.45) is -0.345. The Hall–Kier alpha value is -5.09. The van der Waals surface area contributed by atoms with Gasteiger partial charge in [0.2, 0.25) is 11.8 Å². The average molecular weight is 607 g/mol. The lowest BCUT2D eigenvalue weighted by atomic mass is 9.98. The molecule has 0 unspecified atom stereocenters. The third kappa shape index (κ3) is 6.01. The van der Waals surface area contributed by atoms with E-state index < -0.39 is 12.2 Å². The Morgan fingerprint density at radius 1 is 0.978 bits per heavy atom. The molecule has 6 rings (SSSR count). The van der Waals surface area contributed by atoms with Gasteiger partial charge in [0.25, 0.3) is 0 Å². The minimum absolute atomic E-state index is 0.0365. The van der Waals surface area contributed by atoms with Crippen LogP contribution in [0.25, 0.3) is 10.8 Å². The summed E-state index contributed by atoms with van der Waals surface area (Å²) in [6, 6.07) is 27.2. The van der Waals surface area contributed by atoms with E-state index in [0.29, 0.717) is 13.1 Å². The molecule has 2 aliphatic rings. The number of hydrogen-bond acceptors (Lipinski definition) is 6. The minimum Gasteiger partial charge on any atom is -0.506 e. The van der Waals surface area contributed by atoms with Crippen LogP contribution in [0.4, 0.5) is 10.5 Å². The number of phenols is 1. The highest BCUT2D eigenvalue weighted by Crippen LogP contribution is 2.32. The van der Waals surface area contributed by atoms with Crippen LogP contribution in [0.1, 0.15) is 30.5 Å². The van der Waals surface area contributed by atoms with Gasteiger partial charge in [-0.2, -0.15) is 5.01 Å². The summed E-state index contributed by atoms with van der Waals surface area (Å²) in [5.41, 5.74) is 8.88. The molecule has 4 N–H and O–H groups in total. The molecule has 4 aromatic rings. The maximum absolute atomic E-state index is 14.3. The number of benzene rings is 4. The van der Waals surface area contributed by atoms with E-state index in [1.807, 2.05) is 86.6 Å². The normalized spacial score (nSPS) is 18.5. The number of rotatable bonds is 8. The summed E-state index contributed by atoms with van der Waals surface area (Å²) in [6.45, 7) is 4.71. The summed E-state index contributed by atoms with van der Waals surface area (Å²) in [5.74, 6) is -0.441. The maximum Gasteiger partial charge on any atom is 0.332 e. The first kappa shape index (κ1) is 30.0. The number of phenolic OH excluding ortho intramolecular Hbond substituents is 1. The molecule has 232 valence electrons. The zero-order chi connectivity index (χ0) is 31.7. The van der Waals surface area contributed by atoms with E-state index in [0.717, 1.165) is 27.5 Å². The number of nitrogens with two attached hydrogens (primary N) is 1. The Morgan fingerprint density at radius 2 is 1.71 bits per heavy atom. The zero-order valence-electron chi connectivity index (χ0n) is 25.5. The van der Waals surface area contributed by atoms with Gasteiger partial charge in [-0.3, -0.25) is 14.6 Å². The number of carbonyl (C=O) groups excluding carboxylic acids is 3. The van der Waals surface area contributed by atoms with Gasteiger partial charge in [-0.25, -0.2) is 4.79 Å². The summed E-state index contributed by atoms with van der Waals surface area (Å²) < 4.78 is 0. The van der Waals surface area contributed by atoms with E-state index in [1.54, 1.807) is 32.0 Å². The Morgan fingerprint density at radius 3 is 2.47 bits per heavy atom. The number of anilines is 1. The smallest absolute Gasteiger partial charge is 0.332 e. The summed E-state index contributed by atoms with van der Waals surface area (Å²) in [4.78, 5) is 45.1. The SMILES string of the molecule is CC(C)N(C(=O)NCc1ccccc1)N1CC(=O)N2[C@@H](Cc3ccc(O)c(N)c3)C(=O)N(Cc3cccc4ccccc34)C[C@@H]21. The van der Waals surface area contributed by atoms with Crippen molar-refractivity contribution in [1.82, 2.24) is 25.1 Å². The van der Waals surface area contributed by atoms with Crippen LogP contribution in [0.5, 0.6) is 5.75 Å². The molecule has 0 saturated carbocycles. The maximum atomic E-state index is 14.3. The van der Waals surface area contributed by atoms with Crippen LogP contribution in [0.3, 0.4) is 0 Å². The summed E-state index contributed by atoms with van der Waals surface area (Å²) in [5, 5.41) is 18.5. The molecule has 4 aromatic carbocycles. The van der Waals surface area contributed by atoms with E-state index in [-0.39, 0.29) is 54.8 Å². The molecule has 10 heteroatoms. The molecule has 0 bridgehead atoms. The van der Waals surface area contributed by atoms with E-state index >= 15 is 0 Å². The molecule has 2 saturated heterocycles. The molecule has 2 heterocycles. The highest BCUT2D eigenvalue weighted by atomic mass is 16.3. The molecule has 2 aliphatic heterocycles. The molecule has 2 atom stereocenters. The van der Waals surface area contributed by atoms with Crippen molar-refractivity contribution >= 4 is 34.3 Å². The zero-order valence-corrected chi connectivity index (χ0v) is 25.5. The van der Waals surface area contributed by atoms with Crippen molar-refractivity contribution in [1.29, 1.82) is 0 Å². The van der Waals surface area contributed by atoms with Crippen LogP contribution in [-0.2, 0) is 29.1 Å². The molecule has 2 fully saturated rings. The minimum atomic E-state index is -0.818. The molecule has 45 heavy (non-hydrogen) atoms. The molecule has 10 nitrogen and oxygen atoms in total. The van der Waals surface area contributed by atoms with Gasteiger partial charge >= 0.3 is 6.03 Å². The number of piperazine rings is 1. The number of fused-ring (bicyclic) bond motifs is 2. The van der Waals surface area contributed by atoms with Crippen LogP contribution in [0, 0.1) is 0 Å². The summed E-state index contributed by atoms with van der Waals surface area (Å²) >= 11 is 0. The lowest BCUT2D eigenvalue weighted by molar-refractivity contribution is -0.158. The molecular formula is C35H38N6O4. The van der Waals surface area contributed by atoms with Gasteiger partial charge in [0.15, 0.2) is 0 Å². The van der Waals surface area contributed by atoms with Gasteiger partial charge in [0.05, 0.1) is 18.8 Å². The van der Waals surface area contributed by atoms with Crippen molar-refractivity contribution in [2.24, 2.45) is 0 Å². The first-order chi connectivity index (χ1) is 21.7. The topological polar surface area (TPSA) is 122 Å². The van der Waals surface area contributed by atoms with Gasteiger partial charge in [-0.1, -0.05) is 78.9 Å². The standard InChI is InChI=1S/C35H38N6O4/c1-23(2)41(35(45)37-19-24-9-4-3-5-10-24)39-22-33(43)40-30(18-25-15-16-31(42)29(36)17-25)34(44)38(21-32(39)40)20-27-13-8-12-26-11-6-7-14-28(26)27/h3-17,23,30,32,42H,18-22,36H2,1-2H3,(H,37,45)/t30-,32+/m0/s1. The fourth-order valence-corrected chi connectivity index (χ4v) is 6.46. The van der Waals surface area contributed by atoms with E-state index in [2.05, 4.69) is 5.32 Å². The third-order valence-corrected chi connectivity index (χ3v) is 8.59. The molecule has 0 aliphatic carbocycles. The van der Waals surface area contributed by atoms with Crippen molar-refractivity contribution in [3.8, 4) is 5.75 Å². The quantitative estimate of drug-likeness (QED) is 0.205. The number of hydrazine groups is 1. The molecule has 4 amide bonds. The number of nitrogens with zero attached hydrogens (tertiary/aromatic N) is 4. The van der Waals surface area contributed by atoms with Crippen molar-refractivity contribution in [3.05, 3.63) is 108 Å². The Balaban J connectivity index is 1.33. The number of nitrogens with one attached hydrogen (secondary N) is 1. The van der Waals surface area contributed by atoms with E-state index in [1.165, 1.54) is 6.07 Å². The Labute approximate surface area is 262 Å². The third-order valence-electron chi connectivity index (χ3n) is 8.59. The molecule has 0 aromatic heterocycles. The Kier molecular flexibility index (Phi) is 8.32. The van der Waals surface area contributed by atoms with Crippen LogP contribution < -0.4 is 11.1 Å². The molecular weight excluding hydrogens is 568 g/mol. The van der Waals surface area contributed by atoms with Crippen LogP contribution in [0.15, 0.2) is 91.0 Å². The summed E-state index contributed by atoms with van der Waals surface area (Å²) in [7, 11) is 0. The largest absolute Gasteiger partial charge is 0.506 e. The lowest BCUT2D eigenvalue weighted by Crippen LogP contribution is -2.66. The molecule has 0 radical (unpaired) electrons. The number of urea groups is 1. The number of hydrogen-bond donors (Lipinski definition) is 3. The second kappa shape index (κ2) is 12.5. The number of aromatic hydroxyl groups is 1. The van der Waals surface area contributed by atoms with Gasteiger partial charge in [-0.05, 0) is 53.4 Å². The molecule has 0 spiro atoms. The van der Waals surface area contributed by atoms with Gasteiger partial charge in [-0.15, -0.1) is 0 Å².